The second-order valence-electron chi connectivity index (χ2n) is 1.05. The van der Waals surface area contributed by atoms with Gasteiger partial charge in [-0.05, 0) is 5.21 Å². The maximum atomic E-state index is 5.14. The molecule has 0 fully saturated rings. The van der Waals surface area contributed by atoms with Gasteiger partial charge in [0.05, 0.1) is 6.20 Å². The molecule has 0 aliphatic carbocycles. The number of hydrogen-bond acceptors (Lipinski definition) is 4. The van der Waals surface area contributed by atoms with Crippen molar-refractivity contribution >= 4 is 5.82 Å². The predicted octanol–water partition coefficient (Wildman–Crippen LogP) is -1.37. The summed E-state index contributed by atoms with van der Waals surface area (Å²) in [5.74, 6) is 0.398. The Labute approximate surface area is 45.8 Å². The number of rotatable bonds is 0. The molecule has 0 bridgehead atoms. The van der Waals surface area contributed by atoms with Crippen LogP contribution in [-0.4, -0.2) is 20.9 Å². The van der Waals surface area contributed by atoms with Gasteiger partial charge in [-0.2, -0.15) is 0 Å². The van der Waals surface area contributed by atoms with Crippen LogP contribution < -0.4 is 5.73 Å². The fourth-order valence-corrected chi connectivity index (χ4v) is 0.250. The summed E-state index contributed by atoms with van der Waals surface area (Å²) in [5.41, 5.74) is 5.14. The summed E-state index contributed by atoms with van der Waals surface area (Å²) in [7, 11) is 0. The van der Waals surface area contributed by atoms with Crippen LogP contribution in [0.2, 0.25) is 0 Å². The zero-order valence-corrected chi connectivity index (χ0v) is 4.07. The molecule has 0 unspecified atom stereocenters. The van der Waals surface area contributed by atoms with Crippen LogP contribution in [0.4, 0.5) is 5.82 Å². The third-order valence-corrected chi connectivity index (χ3v) is 0.524. The van der Waals surface area contributed by atoms with Gasteiger partial charge in [0.15, 0.2) is 0 Å². The first kappa shape index (κ1) is 6.77. The van der Waals surface area contributed by atoms with Crippen molar-refractivity contribution in [3.8, 4) is 0 Å². The fourth-order valence-electron chi connectivity index (χ4n) is 0.250. The molecule has 8 heavy (non-hydrogen) atoms. The van der Waals surface area contributed by atoms with E-state index in [-0.39, 0.29) is 5.48 Å². The monoisotopic (exact) mass is 114 g/mol. The molecule has 0 saturated heterocycles. The van der Waals surface area contributed by atoms with Gasteiger partial charge in [-0.25, -0.2) is 0 Å². The lowest BCUT2D eigenvalue weighted by Gasteiger charge is -1.80. The molecule has 0 aliphatic rings. The molecule has 1 rings (SSSR count). The summed E-state index contributed by atoms with van der Waals surface area (Å²) >= 11 is 0. The largest absolute Gasteiger partial charge is 0.412 e. The highest BCUT2D eigenvalue weighted by molar-refractivity contribution is 5.21. The third-order valence-electron chi connectivity index (χ3n) is 0.524. The average Bonchev–Trinajstić information content (AvgIpc) is 1.69. The quantitative estimate of drug-likeness (QED) is 0.450. The van der Waals surface area contributed by atoms with E-state index in [1.54, 1.807) is 6.07 Å². The second kappa shape index (κ2) is 2.86. The number of aromatic nitrogens is 3. The highest BCUT2D eigenvalue weighted by Gasteiger charge is 1.76. The Morgan fingerprint density at radius 3 is 2.50 bits per heavy atom. The van der Waals surface area contributed by atoms with E-state index in [1.165, 1.54) is 6.20 Å². The molecule has 1 heterocycles. The minimum Gasteiger partial charge on any atom is -0.412 e. The molecule has 0 saturated carbocycles. The zero-order chi connectivity index (χ0) is 5.11. The minimum absolute atomic E-state index is 0. The van der Waals surface area contributed by atoms with E-state index in [0.717, 1.165) is 0 Å². The Hall–Kier alpha value is -1.23. The van der Waals surface area contributed by atoms with Crippen molar-refractivity contribution in [2.24, 2.45) is 0 Å². The van der Waals surface area contributed by atoms with Crippen molar-refractivity contribution in [1.82, 2.24) is 15.4 Å². The van der Waals surface area contributed by atoms with Gasteiger partial charge >= 0.3 is 0 Å². The molecule has 44 valence electrons. The highest BCUT2D eigenvalue weighted by Crippen LogP contribution is 1.83. The topological polar surface area (TPSA) is 96.2 Å². The Morgan fingerprint density at radius 1 is 1.50 bits per heavy atom. The summed E-state index contributed by atoms with van der Waals surface area (Å²) in [6.45, 7) is 0. The number of nitrogen functional groups attached to an aromatic ring is 1. The van der Waals surface area contributed by atoms with Crippen LogP contribution in [0.25, 0.3) is 0 Å². The van der Waals surface area contributed by atoms with Crippen molar-refractivity contribution in [2.75, 3.05) is 5.73 Å². The SMILES string of the molecule is Nc1ccnnn1.O. The standard InChI is InChI=1S/C3H4N4.H2O/c4-3-1-2-5-7-6-3;/h1-2H,(H2,4,5,6);1H2. The number of hydrogen-bond donors (Lipinski definition) is 1. The van der Waals surface area contributed by atoms with E-state index in [9.17, 15) is 0 Å². The summed E-state index contributed by atoms with van der Waals surface area (Å²) in [6, 6.07) is 1.58. The molecule has 4 N–H and O–H groups in total. The van der Waals surface area contributed by atoms with Gasteiger partial charge in [0.1, 0.15) is 5.82 Å². The Balaban J connectivity index is 0.000000490. The van der Waals surface area contributed by atoms with Gasteiger partial charge in [-0.3, -0.25) is 0 Å². The first-order chi connectivity index (χ1) is 3.39. The molecule has 0 amide bonds. The van der Waals surface area contributed by atoms with Crippen LogP contribution in [0.15, 0.2) is 12.3 Å². The van der Waals surface area contributed by atoms with Crippen molar-refractivity contribution < 1.29 is 5.48 Å². The summed E-state index contributed by atoms with van der Waals surface area (Å²) in [6.07, 6.45) is 1.49. The third kappa shape index (κ3) is 1.48. The molecular formula is C3H6N4O. The van der Waals surface area contributed by atoms with Crippen LogP contribution in [-0.2, 0) is 0 Å². The number of anilines is 1. The molecular weight excluding hydrogens is 108 g/mol. The van der Waals surface area contributed by atoms with Gasteiger partial charge in [-0.15, -0.1) is 10.2 Å². The summed E-state index contributed by atoms with van der Waals surface area (Å²) in [5, 5.41) is 10.1. The minimum atomic E-state index is 0. The molecule has 1 aromatic rings. The van der Waals surface area contributed by atoms with E-state index in [0.29, 0.717) is 5.82 Å². The van der Waals surface area contributed by atoms with Crippen molar-refractivity contribution in [1.29, 1.82) is 0 Å². The number of nitrogens with zero attached hydrogens (tertiary/aromatic N) is 3. The Morgan fingerprint density at radius 2 is 2.25 bits per heavy atom. The molecule has 0 atom stereocenters. The lowest BCUT2D eigenvalue weighted by atomic mass is 10.6. The van der Waals surface area contributed by atoms with Crippen LogP contribution in [0.5, 0.6) is 0 Å². The molecule has 5 heteroatoms. The fraction of sp³-hybridized carbons (Fsp3) is 0. The van der Waals surface area contributed by atoms with Crippen LogP contribution in [0.1, 0.15) is 0 Å². The van der Waals surface area contributed by atoms with Crippen molar-refractivity contribution in [2.45, 2.75) is 0 Å². The van der Waals surface area contributed by atoms with Gasteiger partial charge in [0, 0.05) is 6.07 Å². The lowest BCUT2D eigenvalue weighted by molar-refractivity contribution is 0.824. The van der Waals surface area contributed by atoms with Crippen LogP contribution >= 0.6 is 0 Å². The first-order valence-electron chi connectivity index (χ1n) is 1.79. The van der Waals surface area contributed by atoms with Gasteiger partial charge in [0.25, 0.3) is 0 Å². The van der Waals surface area contributed by atoms with Crippen LogP contribution in [0.3, 0.4) is 0 Å². The summed E-state index contributed by atoms with van der Waals surface area (Å²) in [4.78, 5) is 0. The lowest BCUT2D eigenvalue weighted by Crippen LogP contribution is -1.91. The normalized spacial score (nSPS) is 7.50. The molecule has 1 aromatic heterocycles. The highest BCUT2D eigenvalue weighted by atomic mass is 16.0. The van der Waals surface area contributed by atoms with E-state index < -0.39 is 0 Å². The van der Waals surface area contributed by atoms with Crippen LogP contribution in [0, 0.1) is 0 Å². The first-order valence-corrected chi connectivity index (χ1v) is 1.79. The van der Waals surface area contributed by atoms with E-state index in [2.05, 4.69) is 15.4 Å². The van der Waals surface area contributed by atoms with Gasteiger partial charge in [0.2, 0.25) is 0 Å². The molecule has 0 spiro atoms. The van der Waals surface area contributed by atoms with Gasteiger partial charge < -0.3 is 11.2 Å². The van der Waals surface area contributed by atoms with E-state index >= 15 is 0 Å². The van der Waals surface area contributed by atoms with E-state index in [4.69, 9.17) is 5.73 Å². The van der Waals surface area contributed by atoms with E-state index in [1.807, 2.05) is 0 Å². The van der Waals surface area contributed by atoms with Gasteiger partial charge in [-0.1, -0.05) is 0 Å². The van der Waals surface area contributed by atoms with Crippen molar-refractivity contribution in [3.05, 3.63) is 12.3 Å². The Kier molecular flexibility index (Phi) is 2.42. The molecule has 0 aliphatic heterocycles. The maximum absolute atomic E-state index is 5.14. The number of nitrogens with two attached hydrogens (primary N) is 1. The average molecular weight is 114 g/mol. The molecule has 0 aromatic carbocycles. The predicted molar refractivity (Wildman–Crippen MR) is 27.9 cm³/mol. The molecule has 0 radical (unpaired) electrons. The van der Waals surface area contributed by atoms with Crippen molar-refractivity contribution in [3.63, 3.8) is 0 Å². The second-order valence-corrected chi connectivity index (χ2v) is 1.05. The Bertz CT molecular complexity index is 141. The maximum Gasteiger partial charge on any atom is 0.149 e. The summed E-state index contributed by atoms with van der Waals surface area (Å²) < 4.78 is 0. The molecule has 5 nitrogen and oxygen atoms in total. The zero-order valence-electron chi connectivity index (χ0n) is 4.07. The smallest absolute Gasteiger partial charge is 0.149 e.